The van der Waals surface area contributed by atoms with Gasteiger partial charge in [0, 0.05) is 24.3 Å². The number of halogens is 2. The molecule has 118 valence electrons. The molecule has 1 aliphatic carbocycles. The van der Waals surface area contributed by atoms with E-state index in [0.717, 1.165) is 0 Å². The van der Waals surface area contributed by atoms with Gasteiger partial charge < -0.3 is 15.0 Å². The van der Waals surface area contributed by atoms with Crippen LogP contribution in [-0.2, 0) is 9.53 Å². The summed E-state index contributed by atoms with van der Waals surface area (Å²) in [7, 11) is 0. The third-order valence-electron chi connectivity index (χ3n) is 3.82. The number of benzene rings is 1. The number of morpholine rings is 1. The van der Waals surface area contributed by atoms with Crippen LogP contribution in [0.15, 0.2) is 24.3 Å². The van der Waals surface area contributed by atoms with Crippen LogP contribution in [-0.4, -0.2) is 47.4 Å². The van der Waals surface area contributed by atoms with E-state index in [1.165, 1.54) is 0 Å². The van der Waals surface area contributed by atoms with Gasteiger partial charge in [-0.3, -0.25) is 9.59 Å². The Kier molecular flexibility index (Phi) is 4.30. The second-order valence-corrected chi connectivity index (χ2v) is 7.03. The minimum absolute atomic E-state index is 0.0603. The van der Waals surface area contributed by atoms with Gasteiger partial charge in [0.1, 0.15) is 4.33 Å². The minimum atomic E-state index is -0.953. The molecule has 1 atom stereocenters. The van der Waals surface area contributed by atoms with Crippen molar-refractivity contribution in [1.29, 1.82) is 0 Å². The van der Waals surface area contributed by atoms with Crippen LogP contribution in [0.4, 0.5) is 5.69 Å². The number of anilines is 1. The van der Waals surface area contributed by atoms with E-state index >= 15 is 0 Å². The second kappa shape index (κ2) is 6.07. The van der Waals surface area contributed by atoms with Gasteiger partial charge in [0.05, 0.1) is 19.1 Å². The molecular weight excluding hydrogens is 327 g/mol. The number of carbonyl (C=O) groups is 2. The van der Waals surface area contributed by atoms with Crippen molar-refractivity contribution < 1.29 is 14.3 Å². The average Bonchev–Trinajstić information content (AvgIpc) is 3.17. The lowest BCUT2D eigenvalue weighted by molar-refractivity contribution is -0.117. The summed E-state index contributed by atoms with van der Waals surface area (Å²) in [6.45, 7) is 2.27. The highest BCUT2D eigenvalue weighted by Gasteiger charge is 2.56. The van der Waals surface area contributed by atoms with Gasteiger partial charge in [-0.05, 0) is 24.6 Å². The Bertz CT molecular complexity index is 600. The molecule has 0 aromatic heterocycles. The van der Waals surface area contributed by atoms with Crippen molar-refractivity contribution in [1.82, 2.24) is 4.90 Å². The topological polar surface area (TPSA) is 58.6 Å². The van der Waals surface area contributed by atoms with Gasteiger partial charge in [-0.2, -0.15) is 0 Å². The Morgan fingerprint density at radius 2 is 1.95 bits per heavy atom. The Labute approximate surface area is 138 Å². The lowest BCUT2D eigenvalue weighted by Crippen LogP contribution is -2.40. The zero-order valence-corrected chi connectivity index (χ0v) is 13.4. The molecule has 7 heteroatoms. The van der Waals surface area contributed by atoms with Gasteiger partial charge in [-0.25, -0.2) is 0 Å². The maximum atomic E-state index is 12.4. The minimum Gasteiger partial charge on any atom is -0.378 e. The Morgan fingerprint density at radius 1 is 1.27 bits per heavy atom. The fraction of sp³-hybridized carbons (Fsp3) is 0.467. The zero-order chi connectivity index (χ0) is 15.7. The van der Waals surface area contributed by atoms with E-state index in [1.54, 1.807) is 29.2 Å². The molecule has 2 amide bonds. The van der Waals surface area contributed by atoms with Crippen LogP contribution in [0.25, 0.3) is 0 Å². The maximum absolute atomic E-state index is 12.4. The molecule has 3 rings (SSSR count). The van der Waals surface area contributed by atoms with Crippen molar-refractivity contribution in [2.45, 2.75) is 10.8 Å². The van der Waals surface area contributed by atoms with Crippen molar-refractivity contribution in [2.75, 3.05) is 31.6 Å². The van der Waals surface area contributed by atoms with Crippen LogP contribution in [0.2, 0.25) is 0 Å². The number of nitrogens with one attached hydrogen (secondary N) is 1. The van der Waals surface area contributed by atoms with Gasteiger partial charge in [0.25, 0.3) is 5.91 Å². The second-order valence-electron chi connectivity index (χ2n) is 5.49. The highest BCUT2D eigenvalue weighted by molar-refractivity contribution is 6.52. The summed E-state index contributed by atoms with van der Waals surface area (Å²) in [5.74, 6) is -0.676. The van der Waals surface area contributed by atoms with E-state index in [2.05, 4.69) is 5.32 Å². The molecule has 2 aliphatic rings. The first-order chi connectivity index (χ1) is 10.5. The molecule has 1 heterocycles. The van der Waals surface area contributed by atoms with Crippen molar-refractivity contribution >= 4 is 40.7 Å². The molecule has 2 fully saturated rings. The number of ether oxygens (including phenoxy) is 1. The molecule has 1 unspecified atom stereocenters. The summed E-state index contributed by atoms with van der Waals surface area (Å²) in [5.41, 5.74) is 1.11. The van der Waals surface area contributed by atoms with E-state index in [4.69, 9.17) is 27.9 Å². The summed E-state index contributed by atoms with van der Waals surface area (Å²) in [5, 5.41) is 2.75. The third kappa shape index (κ3) is 3.37. The van der Waals surface area contributed by atoms with Gasteiger partial charge in [0.15, 0.2) is 0 Å². The molecule has 0 bridgehead atoms. The van der Waals surface area contributed by atoms with E-state index in [-0.39, 0.29) is 11.8 Å². The molecular formula is C15H16Cl2N2O3. The lowest BCUT2D eigenvalue weighted by atomic mass is 10.1. The number of hydrogen-bond donors (Lipinski definition) is 1. The molecule has 1 N–H and O–H groups in total. The smallest absolute Gasteiger partial charge is 0.254 e. The van der Waals surface area contributed by atoms with Crippen molar-refractivity contribution in [3.8, 4) is 0 Å². The van der Waals surface area contributed by atoms with Crippen LogP contribution in [0.3, 0.4) is 0 Å². The number of amides is 2. The third-order valence-corrected chi connectivity index (χ3v) is 4.65. The zero-order valence-electron chi connectivity index (χ0n) is 11.9. The molecule has 1 aliphatic heterocycles. The summed E-state index contributed by atoms with van der Waals surface area (Å²) in [6.07, 6.45) is 0.453. The van der Waals surface area contributed by atoms with Gasteiger partial charge in [-0.1, -0.05) is 6.07 Å². The molecule has 1 aromatic carbocycles. The van der Waals surface area contributed by atoms with Crippen LogP contribution >= 0.6 is 23.2 Å². The van der Waals surface area contributed by atoms with Crippen LogP contribution in [0.5, 0.6) is 0 Å². The van der Waals surface area contributed by atoms with Gasteiger partial charge in [-0.15, -0.1) is 23.2 Å². The number of alkyl halides is 2. The van der Waals surface area contributed by atoms with Crippen LogP contribution in [0, 0.1) is 5.92 Å². The first kappa shape index (κ1) is 15.6. The van der Waals surface area contributed by atoms with Crippen molar-refractivity contribution in [3.05, 3.63) is 29.8 Å². The fourth-order valence-corrected chi connectivity index (χ4v) is 2.91. The Hall–Kier alpha value is -1.30. The number of carbonyl (C=O) groups excluding carboxylic acids is 2. The van der Waals surface area contributed by atoms with E-state index < -0.39 is 10.3 Å². The number of rotatable bonds is 3. The number of nitrogens with zero attached hydrogens (tertiary/aromatic N) is 1. The molecule has 1 saturated heterocycles. The van der Waals surface area contributed by atoms with Crippen molar-refractivity contribution in [2.24, 2.45) is 5.92 Å². The summed E-state index contributed by atoms with van der Waals surface area (Å²) in [4.78, 5) is 26.1. The quantitative estimate of drug-likeness (QED) is 0.857. The monoisotopic (exact) mass is 342 g/mol. The first-order valence-corrected chi connectivity index (χ1v) is 7.89. The summed E-state index contributed by atoms with van der Waals surface area (Å²) >= 11 is 11.8. The fourth-order valence-electron chi connectivity index (χ4n) is 2.41. The SMILES string of the molecule is O=C(Nc1cccc(C(=O)N2CCOCC2)c1)C1CC1(Cl)Cl. The molecule has 0 spiro atoms. The highest BCUT2D eigenvalue weighted by atomic mass is 35.5. The molecule has 22 heavy (non-hydrogen) atoms. The van der Waals surface area contributed by atoms with Crippen LogP contribution < -0.4 is 5.32 Å². The maximum Gasteiger partial charge on any atom is 0.254 e. The van der Waals surface area contributed by atoms with E-state index in [9.17, 15) is 9.59 Å². The summed E-state index contributed by atoms with van der Waals surface area (Å²) in [6, 6.07) is 6.88. The number of hydrogen-bond acceptors (Lipinski definition) is 3. The van der Waals surface area contributed by atoms with Gasteiger partial charge >= 0.3 is 0 Å². The Morgan fingerprint density at radius 3 is 2.59 bits per heavy atom. The van der Waals surface area contributed by atoms with Crippen LogP contribution in [0.1, 0.15) is 16.8 Å². The largest absolute Gasteiger partial charge is 0.378 e. The summed E-state index contributed by atoms with van der Waals surface area (Å²) < 4.78 is 4.29. The predicted octanol–water partition coefficient (Wildman–Crippen LogP) is 2.29. The average molecular weight is 343 g/mol. The van der Waals surface area contributed by atoms with Gasteiger partial charge in [0.2, 0.25) is 5.91 Å². The normalized spacial score (nSPS) is 23.0. The predicted molar refractivity (Wildman–Crippen MR) is 84.3 cm³/mol. The van der Waals surface area contributed by atoms with Crippen molar-refractivity contribution in [3.63, 3.8) is 0 Å². The highest BCUT2D eigenvalue weighted by Crippen LogP contribution is 2.53. The molecule has 5 nitrogen and oxygen atoms in total. The Balaban J connectivity index is 1.67. The standard InChI is InChI=1S/C15H16Cl2N2O3/c16-15(17)9-12(15)13(20)18-11-3-1-2-10(8-11)14(21)19-4-6-22-7-5-19/h1-3,8,12H,4-7,9H2,(H,18,20). The first-order valence-electron chi connectivity index (χ1n) is 7.13. The molecule has 1 saturated carbocycles. The molecule has 1 aromatic rings. The van der Waals surface area contributed by atoms with E-state index in [1.807, 2.05) is 0 Å². The molecule has 0 radical (unpaired) electrons. The lowest BCUT2D eigenvalue weighted by Gasteiger charge is -2.27. The van der Waals surface area contributed by atoms with E-state index in [0.29, 0.717) is 44.0 Å².